The molecule has 18 heavy (non-hydrogen) atoms. The number of rotatable bonds is 3. The first-order chi connectivity index (χ1) is 8.74. The molecule has 3 rings (SSSR count). The Balaban J connectivity index is 1.50. The highest BCUT2D eigenvalue weighted by Crippen LogP contribution is 2.29. The normalized spacial score (nSPS) is 38.3. The first-order valence-electron chi connectivity index (χ1n) is 7.71. The van der Waals surface area contributed by atoms with Crippen molar-refractivity contribution in [1.82, 2.24) is 9.80 Å². The van der Waals surface area contributed by atoms with E-state index in [4.69, 9.17) is 0 Å². The minimum atomic E-state index is 0.392. The maximum absolute atomic E-state index is 11.7. The Labute approximate surface area is 111 Å². The Morgan fingerprint density at radius 1 is 1.17 bits per heavy atom. The number of likely N-dealkylation sites (N-methyl/N-ethyl adjacent to an activating group) is 1. The molecule has 0 amide bonds. The summed E-state index contributed by atoms with van der Waals surface area (Å²) < 4.78 is 0. The van der Waals surface area contributed by atoms with E-state index in [1.807, 2.05) is 0 Å². The molecular formula is C15H26N2O. The van der Waals surface area contributed by atoms with Crippen molar-refractivity contribution in [3.63, 3.8) is 0 Å². The molecule has 3 fully saturated rings. The highest BCUT2D eigenvalue weighted by atomic mass is 16.1. The Kier molecular flexibility index (Phi) is 3.71. The van der Waals surface area contributed by atoms with E-state index >= 15 is 0 Å². The van der Waals surface area contributed by atoms with E-state index in [0.29, 0.717) is 11.7 Å². The van der Waals surface area contributed by atoms with Crippen molar-refractivity contribution in [2.75, 3.05) is 26.7 Å². The molecule has 0 aromatic heterocycles. The lowest BCUT2D eigenvalue weighted by Crippen LogP contribution is -2.37. The minimum Gasteiger partial charge on any atom is -0.302 e. The first-order valence-corrected chi connectivity index (χ1v) is 7.71. The summed E-state index contributed by atoms with van der Waals surface area (Å²) in [6.45, 7) is 3.62. The molecular weight excluding hydrogens is 224 g/mol. The second-order valence-corrected chi connectivity index (χ2v) is 6.48. The van der Waals surface area contributed by atoms with Crippen molar-refractivity contribution in [2.45, 2.75) is 57.0 Å². The number of ketones is 1. The quantitative estimate of drug-likeness (QED) is 0.764. The lowest BCUT2D eigenvalue weighted by Gasteiger charge is -2.26. The van der Waals surface area contributed by atoms with Gasteiger partial charge in [0.05, 0.1) is 0 Å². The molecule has 1 aliphatic carbocycles. The lowest BCUT2D eigenvalue weighted by atomic mass is 10.0. The molecule has 3 atom stereocenters. The number of likely N-dealkylation sites (tertiary alicyclic amines) is 1. The van der Waals surface area contributed by atoms with E-state index in [9.17, 15) is 4.79 Å². The van der Waals surface area contributed by atoms with E-state index in [2.05, 4.69) is 16.8 Å². The Bertz CT molecular complexity index is 318. The summed E-state index contributed by atoms with van der Waals surface area (Å²) in [5.74, 6) is 0.923. The largest absolute Gasteiger partial charge is 0.302 e. The SMILES string of the molecule is CN1C2CCC1CN(CCC1CCCC1=O)CC2. The Morgan fingerprint density at radius 3 is 2.78 bits per heavy atom. The predicted octanol–water partition coefficient (Wildman–Crippen LogP) is 1.91. The number of fused-ring (bicyclic) bond motifs is 2. The maximum Gasteiger partial charge on any atom is 0.136 e. The molecule has 2 saturated heterocycles. The summed E-state index contributed by atoms with van der Waals surface area (Å²) >= 11 is 0. The molecule has 3 unspecified atom stereocenters. The summed E-state index contributed by atoms with van der Waals surface area (Å²) in [6.07, 6.45) is 8.34. The number of carbonyl (C=O) groups excluding carboxylic acids is 1. The van der Waals surface area contributed by atoms with E-state index in [1.165, 1.54) is 32.4 Å². The molecule has 2 heterocycles. The van der Waals surface area contributed by atoms with Crippen LogP contribution in [0.3, 0.4) is 0 Å². The monoisotopic (exact) mass is 250 g/mol. The van der Waals surface area contributed by atoms with Crippen molar-refractivity contribution < 1.29 is 4.79 Å². The third kappa shape index (κ3) is 2.48. The zero-order chi connectivity index (χ0) is 12.5. The van der Waals surface area contributed by atoms with Gasteiger partial charge in [0.25, 0.3) is 0 Å². The summed E-state index contributed by atoms with van der Waals surface area (Å²) in [6, 6.07) is 1.60. The standard InChI is InChI=1S/C15H26N2O/c1-16-13-5-6-14(16)11-17(10-8-13)9-7-12-3-2-4-15(12)18/h12-14H,2-11H2,1H3. The second-order valence-electron chi connectivity index (χ2n) is 6.48. The summed E-state index contributed by atoms with van der Waals surface area (Å²) in [5.41, 5.74) is 0. The molecule has 2 aliphatic heterocycles. The molecule has 3 aliphatic rings. The molecule has 1 saturated carbocycles. The summed E-state index contributed by atoms with van der Waals surface area (Å²) in [5, 5.41) is 0. The van der Waals surface area contributed by atoms with Gasteiger partial charge in [0.1, 0.15) is 5.78 Å². The maximum atomic E-state index is 11.7. The topological polar surface area (TPSA) is 23.6 Å². The van der Waals surface area contributed by atoms with Gasteiger partial charge in [0.2, 0.25) is 0 Å². The van der Waals surface area contributed by atoms with Crippen LogP contribution in [0, 0.1) is 5.92 Å². The fourth-order valence-corrected chi connectivity index (χ4v) is 4.11. The third-order valence-corrected chi connectivity index (χ3v) is 5.46. The number of carbonyl (C=O) groups is 1. The summed E-state index contributed by atoms with van der Waals surface area (Å²) in [4.78, 5) is 16.9. The first kappa shape index (κ1) is 12.6. The zero-order valence-electron chi connectivity index (χ0n) is 11.6. The highest BCUT2D eigenvalue weighted by Gasteiger charge is 2.34. The van der Waals surface area contributed by atoms with Crippen LogP contribution in [-0.2, 0) is 4.79 Å². The van der Waals surface area contributed by atoms with Crippen molar-refractivity contribution in [2.24, 2.45) is 5.92 Å². The fourth-order valence-electron chi connectivity index (χ4n) is 4.11. The Morgan fingerprint density at radius 2 is 2.00 bits per heavy atom. The zero-order valence-corrected chi connectivity index (χ0v) is 11.6. The van der Waals surface area contributed by atoms with Crippen LogP contribution in [0.2, 0.25) is 0 Å². The summed E-state index contributed by atoms with van der Waals surface area (Å²) in [7, 11) is 2.30. The van der Waals surface area contributed by atoms with E-state index in [0.717, 1.165) is 44.3 Å². The van der Waals surface area contributed by atoms with Crippen LogP contribution in [0.25, 0.3) is 0 Å². The molecule has 3 heteroatoms. The number of hydrogen-bond acceptors (Lipinski definition) is 3. The van der Waals surface area contributed by atoms with Crippen molar-refractivity contribution in [1.29, 1.82) is 0 Å². The molecule has 3 nitrogen and oxygen atoms in total. The van der Waals surface area contributed by atoms with Gasteiger partial charge in [-0.3, -0.25) is 9.69 Å². The van der Waals surface area contributed by atoms with Gasteiger partial charge >= 0.3 is 0 Å². The number of nitrogens with zero attached hydrogens (tertiary/aromatic N) is 2. The van der Waals surface area contributed by atoms with Gasteiger partial charge in [-0.15, -0.1) is 0 Å². The van der Waals surface area contributed by atoms with Crippen LogP contribution < -0.4 is 0 Å². The fraction of sp³-hybridized carbons (Fsp3) is 0.933. The van der Waals surface area contributed by atoms with Crippen LogP contribution in [-0.4, -0.2) is 54.3 Å². The van der Waals surface area contributed by atoms with Crippen molar-refractivity contribution >= 4 is 5.78 Å². The molecule has 0 spiro atoms. The molecule has 0 aromatic carbocycles. The lowest BCUT2D eigenvalue weighted by molar-refractivity contribution is -0.120. The van der Waals surface area contributed by atoms with Crippen LogP contribution >= 0.6 is 0 Å². The van der Waals surface area contributed by atoms with Gasteiger partial charge in [0, 0.05) is 31.0 Å². The average molecular weight is 250 g/mol. The number of Topliss-reactive ketones (excluding diaryl/α,β-unsaturated/α-hetero) is 1. The van der Waals surface area contributed by atoms with Crippen LogP contribution in [0.4, 0.5) is 0 Å². The van der Waals surface area contributed by atoms with Crippen LogP contribution in [0.1, 0.15) is 44.9 Å². The van der Waals surface area contributed by atoms with Crippen LogP contribution in [0.5, 0.6) is 0 Å². The smallest absolute Gasteiger partial charge is 0.136 e. The molecule has 102 valence electrons. The Hall–Kier alpha value is -0.410. The van der Waals surface area contributed by atoms with Gasteiger partial charge in [-0.25, -0.2) is 0 Å². The highest BCUT2D eigenvalue weighted by molar-refractivity contribution is 5.82. The third-order valence-electron chi connectivity index (χ3n) is 5.46. The second kappa shape index (κ2) is 5.30. The minimum absolute atomic E-state index is 0.392. The van der Waals surface area contributed by atoms with Crippen molar-refractivity contribution in [3.8, 4) is 0 Å². The van der Waals surface area contributed by atoms with Gasteiger partial charge in [-0.05, 0) is 58.7 Å². The molecule has 2 bridgehead atoms. The van der Waals surface area contributed by atoms with E-state index in [-0.39, 0.29) is 0 Å². The van der Waals surface area contributed by atoms with Gasteiger partial charge < -0.3 is 4.90 Å². The van der Waals surface area contributed by atoms with E-state index < -0.39 is 0 Å². The van der Waals surface area contributed by atoms with Gasteiger partial charge in [-0.1, -0.05) is 0 Å². The van der Waals surface area contributed by atoms with E-state index in [1.54, 1.807) is 0 Å². The molecule has 0 N–H and O–H groups in total. The van der Waals surface area contributed by atoms with Gasteiger partial charge in [-0.2, -0.15) is 0 Å². The van der Waals surface area contributed by atoms with Gasteiger partial charge in [0.15, 0.2) is 0 Å². The van der Waals surface area contributed by atoms with Crippen LogP contribution in [0.15, 0.2) is 0 Å². The molecule has 0 aromatic rings. The predicted molar refractivity (Wildman–Crippen MR) is 72.6 cm³/mol. The number of hydrogen-bond donors (Lipinski definition) is 0. The van der Waals surface area contributed by atoms with Crippen molar-refractivity contribution in [3.05, 3.63) is 0 Å². The molecule has 0 radical (unpaired) electrons. The average Bonchev–Trinajstić information content (AvgIpc) is 2.84.